The van der Waals surface area contributed by atoms with Crippen LogP contribution < -0.4 is 4.90 Å². The summed E-state index contributed by atoms with van der Waals surface area (Å²) in [4.78, 5) is 26.6. The van der Waals surface area contributed by atoms with E-state index in [-0.39, 0.29) is 31.5 Å². The number of anilines is 1. The second kappa shape index (κ2) is 5.84. The van der Waals surface area contributed by atoms with Gasteiger partial charge in [-0.2, -0.15) is 0 Å². The van der Waals surface area contributed by atoms with Gasteiger partial charge in [0.2, 0.25) is 11.8 Å². The molecule has 1 aliphatic heterocycles. The molecule has 2 rings (SSSR count). The van der Waals surface area contributed by atoms with E-state index in [1.165, 1.54) is 9.80 Å². The number of amides is 2. The van der Waals surface area contributed by atoms with Gasteiger partial charge < -0.3 is 14.9 Å². The molecule has 1 aromatic rings. The molecule has 0 bridgehead atoms. The van der Waals surface area contributed by atoms with Crippen LogP contribution in [0.4, 0.5) is 5.69 Å². The van der Waals surface area contributed by atoms with Gasteiger partial charge in [-0.25, -0.2) is 0 Å². The summed E-state index contributed by atoms with van der Waals surface area (Å²) in [5.41, 5.74) is 1.81. The molecule has 1 fully saturated rings. The van der Waals surface area contributed by atoms with E-state index in [1.54, 1.807) is 7.05 Å². The number of rotatable bonds is 4. The molecule has 0 aromatic heterocycles. The summed E-state index contributed by atoms with van der Waals surface area (Å²) >= 11 is 0. The minimum absolute atomic E-state index is 0.0552. The molecule has 1 N–H and O–H groups in total. The van der Waals surface area contributed by atoms with Gasteiger partial charge in [0, 0.05) is 19.3 Å². The molecule has 5 heteroatoms. The predicted octanol–water partition coefficient (Wildman–Crippen LogP) is 0.416. The molecule has 1 saturated heterocycles. The summed E-state index contributed by atoms with van der Waals surface area (Å²) in [5.74, 6) is -0.123. The lowest BCUT2D eigenvalue weighted by Gasteiger charge is -2.31. The number of benzene rings is 1. The number of aliphatic hydroxyl groups is 1. The SMILES string of the molecule is CN1CC(=O)N(c2cccc(CCCO)c2)CC1=O. The first kappa shape index (κ1) is 13.5. The molecule has 0 aliphatic carbocycles. The van der Waals surface area contributed by atoms with Gasteiger partial charge in [-0.3, -0.25) is 9.59 Å². The van der Waals surface area contributed by atoms with Crippen LogP contribution in [0, 0.1) is 0 Å². The minimum Gasteiger partial charge on any atom is -0.396 e. The van der Waals surface area contributed by atoms with Gasteiger partial charge in [-0.1, -0.05) is 12.1 Å². The number of hydrogen-bond donors (Lipinski definition) is 1. The van der Waals surface area contributed by atoms with Crippen molar-refractivity contribution in [1.82, 2.24) is 4.90 Å². The van der Waals surface area contributed by atoms with Crippen molar-refractivity contribution < 1.29 is 14.7 Å². The number of nitrogens with zero attached hydrogens (tertiary/aromatic N) is 2. The highest BCUT2D eigenvalue weighted by atomic mass is 16.3. The first-order chi connectivity index (χ1) is 9.11. The molecule has 102 valence electrons. The maximum atomic E-state index is 12.0. The zero-order chi connectivity index (χ0) is 13.8. The molecule has 0 saturated carbocycles. The normalized spacial score (nSPS) is 16.1. The Kier molecular flexibility index (Phi) is 4.16. The van der Waals surface area contributed by atoms with Gasteiger partial charge >= 0.3 is 0 Å². The van der Waals surface area contributed by atoms with Gasteiger partial charge in [0.1, 0.15) is 6.54 Å². The van der Waals surface area contributed by atoms with Gasteiger partial charge in [-0.05, 0) is 30.5 Å². The average Bonchev–Trinajstić information content (AvgIpc) is 2.41. The molecule has 0 unspecified atom stereocenters. The second-order valence-electron chi connectivity index (χ2n) is 4.73. The van der Waals surface area contributed by atoms with Crippen LogP contribution in [0.25, 0.3) is 0 Å². The van der Waals surface area contributed by atoms with Crippen molar-refractivity contribution in [2.75, 3.05) is 31.6 Å². The number of aliphatic hydroxyl groups excluding tert-OH is 1. The van der Waals surface area contributed by atoms with Crippen LogP contribution in [0.2, 0.25) is 0 Å². The lowest BCUT2D eigenvalue weighted by molar-refractivity contribution is -0.136. The second-order valence-corrected chi connectivity index (χ2v) is 4.73. The molecule has 1 aromatic carbocycles. The van der Waals surface area contributed by atoms with Crippen LogP contribution in [0.5, 0.6) is 0 Å². The lowest BCUT2D eigenvalue weighted by Crippen LogP contribution is -2.52. The van der Waals surface area contributed by atoms with Crippen molar-refractivity contribution in [3.05, 3.63) is 29.8 Å². The molecule has 0 radical (unpaired) electrons. The smallest absolute Gasteiger partial charge is 0.247 e. The number of carbonyl (C=O) groups excluding carboxylic acids is 2. The number of likely N-dealkylation sites (N-methyl/N-ethyl adjacent to an activating group) is 1. The monoisotopic (exact) mass is 262 g/mol. The largest absolute Gasteiger partial charge is 0.396 e. The van der Waals surface area contributed by atoms with E-state index in [2.05, 4.69) is 0 Å². The quantitative estimate of drug-likeness (QED) is 0.855. The van der Waals surface area contributed by atoms with Crippen LogP contribution in [-0.2, 0) is 16.0 Å². The molecule has 19 heavy (non-hydrogen) atoms. The Bertz CT molecular complexity index is 487. The Morgan fingerprint density at radius 3 is 2.74 bits per heavy atom. The number of piperazine rings is 1. The Hall–Kier alpha value is -1.88. The molecular weight excluding hydrogens is 244 g/mol. The predicted molar refractivity (Wildman–Crippen MR) is 71.8 cm³/mol. The van der Waals surface area contributed by atoms with Crippen LogP contribution in [0.1, 0.15) is 12.0 Å². The number of aryl methyl sites for hydroxylation is 1. The van der Waals surface area contributed by atoms with Gasteiger partial charge in [-0.15, -0.1) is 0 Å². The third-order valence-corrected chi connectivity index (χ3v) is 3.24. The van der Waals surface area contributed by atoms with Crippen LogP contribution in [0.3, 0.4) is 0 Å². The maximum absolute atomic E-state index is 12.0. The van der Waals surface area contributed by atoms with Gasteiger partial charge in [0.25, 0.3) is 0 Å². The molecule has 0 spiro atoms. The van der Waals surface area contributed by atoms with Crippen molar-refractivity contribution in [2.45, 2.75) is 12.8 Å². The van der Waals surface area contributed by atoms with Crippen LogP contribution in [0.15, 0.2) is 24.3 Å². The Morgan fingerprint density at radius 1 is 1.21 bits per heavy atom. The topological polar surface area (TPSA) is 60.9 Å². The van der Waals surface area contributed by atoms with Crippen LogP contribution >= 0.6 is 0 Å². The average molecular weight is 262 g/mol. The Morgan fingerprint density at radius 2 is 2.00 bits per heavy atom. The van der Waals surface area contributed by atoms with Crippen molar-refractivity contribution in [1.29, 1.82) is 0 Å². The van der Waals surface area contributed by atoms with Crippen molar-refractivity contribution in [2.24, 2.45) is 0 Å². The number of hydrogen-bond acceptors (Lipinski definition) is 3. The molecule has 1 aliphatic rings. The fourth-order valence-electron chi connectivity index (χ4n) is 2.12. The summed E-state index contributed by atoms with van der Waals surface area (Å²) < 4.78 is 0. The maximum Gasteiger partial charge on any atom is 0.247 e. The van der Waals surface area contributed by atoms with Gasteiger partial charge in [0.15, 0.2) is 0 Å². The van der Waals surface area contributed by atoms with E-state index in [0.29, 0.717) is 6.42 Å². The molecule has 5 nitrogen and oxygen atoms in total. The first-order valence-electron chi connectivity index (χ1n) is 6.36. The Balaban J connectivity index is 2.16. The van der Waals surface area contributed by atoms with Crippen molar-refractivity contribution >= 4 is 17.5 Å². The van der Waals surface area contributed by atoms with E-state index in [0.717, 1.165) is 17.7 Å². The standard InChI is InChI=1S/C14H18N2O3/c1-15-9-14(19)16(10-13(15)18)12-6-2-4-11(8-12)5-3-7-17/h2,4,6,8,17H,3,5,7,9-10H2,1H3. The summed E-state index contributed by atoms with van der Waals surface area (Å²) in [6.07, 6.45) is 1.46. The summed E-state index contributed by atoms with van der Waals surface area (Å²) in [5, 5.41) is 8.84. The summed E-state index contributed by atoms with van der Waals surface area (Å²) in [6.45, 7) is 0.370. The number of carbonyl (C=O) groups is 2. The fourth-order valence-corrected chi connectivity index (χ4v) is 2.12. The van der Waals surface area contributed by atoms with Crippen molar-refractivity contribution in [3.63, 3.8) is 0 Å². The highest BCUT2D eigenvalue weighted by molar-refractivity contribution is 6.04. The van der Waals surface area contributed by atoms with E-state index in [1.807, 2.05) is 24.3 Å². The minimum atomic E-state index is -0.0681. The molecule has 0 atom stereocenters. The summed E-state index contributed by atoms with van der Waals surface area (Å²) in [6, 6.07) is 7.57. The molecular formula is C14H18N2O3. The third-order valence-electron chi connectivity index (χ3n) is 3.24. The Labute approximate surface area is 112 Å². The summed E-state index contributed by atoms with van der Waals surface area (Å²) in [7, 11) is 1.63. The van der Waals surface area contributed by atoms with E-state index >= 15 is 0 Å². The highest BCUT2D eigenvalue weighted by Gasteiger charge is 2.28. The zero-order valence-electron chi connectivity index (χ0n) is 11.0. The third kappa shape index (κ3) is 3.12. The van der Waals surface area contributed by atoms with E-state index < -0.39 is 0 Å². The van der Waals surface area contributed by atoms with Crippen molar-refractivity contribution in [3.8, 4) is 0 Å². The molecule has 1 heterocycles. The van der Waals surface area contributed by atoms with Crippen LogP contribution in [-0.4, -0.2) is 48.6 Å². The first-order valence-corrected chi connectivity index (χ1v) is 6.36. The van der Waals surface area contributed by atoms with E-state index in [4.69, 9.17) is 5.11 Å². The zero-order valence-corrected chi connectivity index (χ0v) is 11.0. The fraction of sp³-hybridized carbons (Fsp3) is 0.429. The molecule has 2 amide bonds. The highest BCUT2D eigenvalue weighted by Crippen LogP contribution is 2.19. The van der Waals surface area contributed by atoms with E-state index in [9.17, 15) is 9.59 Å². The lowest BCUT2D eigenvalue weighted by atomic mass is 10.1. The van der Waals surface area contributed by atoms with Gasteiger partial charge in [0.05, 0.1) is 6.54 Å².